The number of hydrogen-bond acceptors (Lipinski definition) is 2. The van der Waals surface area contributed by atoms with Crippen molar-refractivity contribution in [3.05, 3.63) is 35.6 Å². The number of halogens is 1. The minimum atomic E-state index is -0.140. The summed E-state index contributed by atoms with van der Waals surface area (Å²) in [6, 6.07) is 6.83. The van der Waals surface area contributed by atoms with Crippen LogP contribution in [0.2, 0.25) is 0 Å². The first kappa shape index (κ1) is 11.1. The van der Waals surface area contributed by atoms with Crippen LogP contribution in [0.1, 0.15) is 18.4 Å². The summed E-state index contributed by atoms with van der Waals surface area (Å²) in [7, 11) is 0. The number of nitrogens with one attached hydrogen (secondary N) is 1. The lowest BCUT2D eigenvalue weighted by molar-refractivity contribution is 0.577. The van der Waals surface area contributed by atoms with E-state index in [0.29, 0.717) is 6.54 Å². The lowest BCUT2D eigenvalue weighted by Crippen LogP contribution is -2.16. The van der Waals surface area contributed by atoms with Crippen LogP contribution in [-0.4, -0.2) is 13.1 Å². The largest absolute Gasteiger partial charge is 0.330 e. The smallest absolute Gasteiger partial charge is 0.127 e. The van der Waals surface area contributed by atoms with E-state index in [9.17, 15) is 4.39 Å². The van der Waals surface area contributed by atoms with E-state index in [1.807, 2.05) is 6.07 Å². The average Bonchev–Trinajstić information content (AvgIpc) is 2.20. The Labute approximate surface area is 84.3 Å². The van der Waals surface area contributed by atoms with Crippen molar-refractivity contribution in [1.82, 2.24) is 5.32 Å². The van der Waals surface area contributed by atoms with Crippen molar-refractivity contribution in [1.29, 1.82) is 0 Å². The van der Waals surface area contributed by atoms with E-state index in [2.05, 4.69) is 5.32 Å². The highest BCUT2D eigenvalue weighted by atomic mass is 19.1. The molecule has 0 aliphatic heterocycles. The number of hydrogen-bond donors (Lipinski definition) is 2. The molecule has 1 aromatic carbocycles. The quantitative estimate of drug-likeness (QED) is 0.679. The van der Waals surface area contributed by atoms with Crippen molar-refractivity contribution < 1.29 is 4.39 Å². The summed E-state index contributed by atoms with van der Waals surface area (Å²) in [6.07, 6.45) is 2.06. The lowest BCUT2D eigenvalue weighted by atomic mass is 10.2. The summed E-state index contributed by atoms with van der Waals surface area (Å²) in [6.45, 7) is 2.21. The van der Waals surface area contributed by atoms with E-state index >= 15 is 0 Å². The fourth-order valence-corrected chi connectivity index (χ4v) is 1.26. The zero-order chi connectivity index (χ0) is 10.2. The Balaban J connectivity index is 2.21. The van der Waals surface area contributed by atoms with Gasteiger partial charge in [0.2, 0.25) is 0 Å². The zero-order valence-electron chi connectivity index (χ0n) is 8.30. The Morgan fingerprint density at radius 3 is 2.71 bits per heavy atom. The predicted molar refractivity (Wildman–Crippen MR) is 56.4 cm³/mol. The van der Waals surface area contributed by atoms with Crippen molar-refractivity contribution in [3.8, 4) is 0 Å². The van der Waals surface area contributed by atoms with Gasteiger partial charge in [0, 0.05) is 12.1 Å². The minimum absolute atomic E-state index is 0.140. The normalized spacial score (nSPS) is 10.4. The van der Waals surface area contributed by atoms with E-state index in [0.717, 1.165) is 31.5 Å². The first-order chi connectivity index (χ1) is 6.84. The molecule has 0 atom stereocenters. The van der Waals surface area contributed by atoms with Crippen molar-refractivity contribution >= 4 is 0 Å². The van der Waals surface area contributed by atoms with Gasteiger partial charge < -0.3 is 11.1 Å². The maximum Gasteiger partial charge on any atom is 0.127 e. The van der Waals surface area contributed by atoms with Crippen LogP contribution in [0.5, 0.6) is 0 Å². The summed E-state index contributed by atoms with van der Waals surface area (Å²) in [5.41, 5.74) is 6.08. The van der Waals surface area contributed by atoms with Crippen molar-refractivity contribution in [3.63, 3.8) is 0 Å². The van der Waals surface area contributed by atoms with Gasteiger partial charge in [-0.3, -0.25) is 0 Å². The second-order valence-electron chi connectivity index (χ2n) is 3.26. The van der Waals surface area contributed by atoms with Crippen LogP contribution in [0.15, 0.2) is 24.3 Å². The van der Waals surface area contributed by atoms with Crippen LogP contribution < -0.4 is 11.1 Å². The van der Waals surface area contributed by atoms with Gasteiger partial charge >= 0.3 is 0 Å². The Hall–Kier alpha value is -0.930. The van der Waals surface area contributed by atoms with Gasteiger partial charge in [-0.2, -0.15) is 0 Å². The molecule has 1 rings (SSSR count). The molecule has 1 aromatic rings. The number of benzene rings is 1. The van der Waals surface area contributed by atoms with Crippen molar-refractivity contribution in [2.75, 3.05) is 13.1 Å². The first-order valence-electron chi connectivity index (χ1n) is 4.99. The van der Waals surface area contributed by atoms with Crippen LogP contribution in [0.4, 0.5) is 4.39 Å². The molecule has 0 heterocycles. The summed E-state index contributed by atoms with van der Waals surface area (Å²) in [4.78, 5) is 0. The van der Waals surface area contributed by atoms with Gasteiger partial charge in [0.05, 0.1) is 0 Å². The maximum atomic E-state index is 13.1. The maximum absolute atomic E-state index is 13.1. The second kappa shape index (κ2) is 6.51. The molecule has 3 heteroatoms. The van der Waals surface area contributed by atoms with E-state index in [4.69, 9.17) is 5.73 Å². The molecule has 78 valence electrons. The highest BCUT2D eigenvalue weighted by molar-refractivity contribution is 5.16. The lowest BCUT2D eigenvalue weighted by Gasteiger charge is -2.04. The minimum Gasteiger partial charge on any atom is -0.330 e. The Morgan fingerprint density at radius 1 is 1.21 bits per heavy atom. The molecule has 14 heavy (non-hydrogen) atoms. The van der Waals surface area contributed by atoms with Crippen LogP contribution >= 0.6 is 0 Å². The molecule has 0 aromatic heterocycles. The van der Waals surface area contributed by atoms with Crippen LogP contribution in [0.3, 0.4) is 0 Å². The van der Waals surface area contributed by atoms with Crippen LogP contribution in [0.25, 0.3) is 0 Å². The van der Waals surface area contributed by atoms with Gasteiger partial charge in [0.1, 0.15) is 5.82 Å². The Bertz CT molecular complexity index is 263. The van der Waals surface area contributed by atoms with Gasteiger partial charge in [-0.25, -0.2) is 4.39 Å². The summed E-state index contributed by atoms with van der Waals surface area (Å²) in [5.74, 6) is -0.140. The molecular formula is C11H17FN2. The molecule has 2 nitrogen and oxygen atoms in total. The molecule has 3 N–H and O–H groups in total. The molecule has 0 aliphatic rings. The van der Waals surface area contributed by atoms with Gasteiger partial charge in [-0.15, -0.1) is 0 Å². The van der Waals surface area contributed by atoms with E-state index in [1.165, 1.54) is 6.07 Å². The van der Waals surface area contributed by atoms with Gasteiger partial charge in [0.25, 0.3) is 0 Å². The Morgan fingerprint density at radius 2 is 2.00 bits per heavy atom. The molecule has 0 spiro atoms. The number of unbranched alkanes of at least 4 members (excludes halogenated alkanes) is 1. The van der Waals surface area contributed by atoms with Gasteiger partial charge in [-0.05, 0) is 32.0 Å². The van der Waals surface area contributed by atoms with Crippen LogP contribution in [0, 0.1) is 5.82 Å². The summed E-state index contributed by atoms with van der Waals surface area (Å²) < 4.78 is 13.1. The zero-order valence-corrected chi connectivity index (χ0v) is 8.30. The Kier molecular flexibility index (Phi) is 5.19. The fourth-order valence-electron chi connectivity index (χ4n) is 1.26. The average molecular weight is 196 g/mol. The van der Waals surface area contributed by atoms with E-state index in [-0.39, 0.29) is 5.82 Å². The SMILES string of the molecule is NCCCCNCc1ccccc1F. The molecule has 0 bridgehead atoms. The summed E-state index contributed by atoms with van der Waals surface area (Å²) >= 11 is 0. The highest BCUT2D eigenvalue weighted by Gasteiger charge is 1.98. The van der Waals surface area contributed by atoms with E-state index < -0.39 is 0 Å². The van der Waals surface area contributed by atoms with Gasteiger partial charge in [0.15, 0.2) is 0 Å². The second-order valence-corrected chi connectivity index (χ2v) is 3.26. The third-order valence-electron chi connectivity index (χ3n) is 2.08. The molecule has 0 saturated heterocycles. The fraction of sp³-hybridized carbons (Fsp3) is 0.455. The third-order valence-corrected chi connectivity index (χ3v) is 2.08. The molecule has 0 radical (unpaired) electrons. The van der Waals surface area contributed by atoms with Crippen molar-refractivity contribution in [2.24, 2.45) is 5.73 Å². The molecule has 0 fully saturated rings. The molecular weight excluding hydrogens is 179 g/mol. The van der Waals surface area contributed by atoms with Crippen molar-refractivity contribution in [2.45, 2.75) is 19.4 Å². The third kappa shape index (κ3) is 3.85. The molecule has 0 aliphatic carbocycles. The van der Waals surface area contributed by atoms with Crippen LogP contribution in [-0.2, 0) is 6.54 Å². The highest BCUT2D eigenvalue weighted by Crippen LogP contribution is 2.05. The molecule has 0 saturated carbocycles. The molecule has 0 unspecified atom stereocenters. The topological polar surface area (TPSA) is 38.0 Å². The standard InChI is InChI=1S/C11H17FN2/c12-11-6-2-1-5-10(11)9-14-8-4-3-7-13/h1-2,5-6,14H,3-4,7-9,13H2. The monoisotopic (exact) mass is 196 g/mol. The predicted octanol–water partition coefficient (Wildman–Crippen LogP) is 1.65. The summed E-state index contributed by atoms with van der Waals surface area (Å²) in [5, 5.41) is 3.18. The number of nitrogens with two attached hydrogens (primary N) is 1. The van der Waals surface area contributed by atoms with E-state index in [1.54, 1.807) is 12.1 Å². The number of rotatable bonds is 6. The molecule has 0 amide bonds. The first-order valence-corrected chi connectivity index (χ1v) is 4.99. The van der Waals surface area contributed by atoms with Gasteiger partial charge in [-0.1, -0.05) is 18.2 Å².